The summed E-state index contributed by atoms with van der Waals surface area (Å²) in [6.07, 6.45) is 1.38. The molecule has 0 radical (unpaired) electrons. The van der Waals surface area contributed by atoms with Crippen LogP contribution in [0.2, 0.25) is 5.02 Å². The maximum atomic E-state index is 12.8. The Morgan fingerprint density at radius 1 is 1.16 bits per heavy atom. The molecule has 1 N–H and O–H groups in total. The predicted molar refractivity (Wildman–Crippen MR) is 91.7 cm³/mol. The number of nitrogens with one attached hydrogen (secondary N) is 1. The summed E-state index contributed by atoms with van der Waals surface area (Å²) in [4.78, 5) is 12.8. The van der Waals surface area contributed by atoms with Gasteiger partial charge in [-0.15, -0.1) is 5.10 Å². The molecule has 0 atom stereocenters. The summed E-state index contributed by atoms with van der Waals surface area (Å²) < 4.78 is 11.8. The molecular weight excluding hydrogens is 346 g/mol. The number of aromatic nitrogens is 4. The van der Waals surface area contributed by atoms with Crippen molar-refractivity contribution in [3.63, 3.8) is 0 Å². The highest BCUT2D eigenvalue weighted by Crippen LogP contribution is 2.30. The van der Waals surface area contributed by atoms with Gasteiger partial charge in [-0.2, -0.15) is 4.68 Å². The number of methoxy groups -OCH3 is 2. The Balaban J connectivity index is 1.98. The van der Waals surface area contributed by atoms with Crippen molar-refractivity contribution in [2.45, 2.75) is 0 Å². The molecule has 0 unspecified atom stereocenters. The highest BCUT2D eigenvalue weighted by Gasteiger charge is 2.17. The number of hydrogen-bond acceptors (Lipinski definition) is 6. The van der Waals surface area contributed by atoms with Gasteiger partial charge in [0.05, 0.1) is 31.2 Å². The first-order valence-electron chi connectivity index (χ1n) is 7.18. The largest absolute Gasteiger partial charge is 0.497 e. The number of tetrazole rings is 1. The number of carbonyl (C=O) groups excluding carboxylic acids is 1. The molecule has 0 fully saturated rings. The van der Waals surface area contributed by atoms with Crippen LogP contribution in [0.5, 0.6) is 11.5 Å². The molecule has 1 aromatic heterocycles. The Kier molecular flexibility index (Phi) is 4.80. The summed E-state index contributed by atoms with van der Waals surface area (Å²) >= 11 is 6.04. The van der Waals surface area contributed by atoms with Crippen molar-refractivity contribution in [1.29, 1.82) is 0 Å². The summed E-state index contributed by atoms with van der Waals surface area (Å²) in [7, 11) is 3.06. The Labute approximate surface area is 148 Å². The topological polar surface area (TPSA) is 91.2 Å². The van der Waals surface area contributed by atoms with Gasteiger partial charge in [0.2, 0.25) is 0 Å². The molecule has 1 amide bonds. The normalized spacial score (nSPS) is 10.4. The van der Waals surface area contributed by atoms with E-state index in [1.165, 1.54) is 18.1 Å². The van der Waals surface area contributed by atoms with Crippen molar-refractivity contribution in [2.75, 3.05) is 19.5 Å². The summed E-state index contributed by atoms with van der Waals surface area (Å²) in [5.74, 6) is 0.730. The second-order valence-electron chi connectivity index (χ2n) is 4.94. The molecule has 0 spiro atoms. The minimum absolute atomic E-state index is 0.349. The summed E-state index contributed by atoms with van der Waals surface area (Å²) in [6.45, 7) is 0. The van der Waals surface area contributed by atoms with Gasteiger partial charge in [0.15, 0.2) is 0 Å². The average Bonchev–Trinajstić information content (AvgIpc) is 3.16. The van der Waals surface area contributed by atoms with Crippen LogP contribution in [0.3, 0.4) is 0 Å². The van der Waals surface area contributed by atoms with Gasteiger partial charge in [0.1, 0.15) is 17.8 Å². The second-order valence-corrected chi connectivity index (χ2v) is 5.37. The van der Waals surface area contributed by atoms with Crippen molar-refractivity contribution in [1.82, 2.24) is 20.2 Å². The second kappa shape index (κ2) is 7.18. The average molecular weight is 360 g/mol. The molecular formula is C16H14ClN5O3. The Hall–Kier alpha value is -3.13. The molecule has 3 aromatic rings. The van der Waals surface area contributed by atoms with E-state index < -0.39 is 0 Å². The number of amides is 1. The van der Waals surface area contributed by atoms with Crippen molar-refractivity contribution in [2.24, 2.45) is 0 Å². The molecule has 8 nitrogen and oxygen atoms in total. The van der Waals surface area contributed by atoms with Crippen LogP contribution in [-0.2, 0) is 0 Å². The van der Waals surface area contributed by atoms with E-state index in [4.69, 9.17) is 21.1 Å². The molecule has 0 saturated heterocycles. The van der Waals surface area contributed by atoms with E-state index >= 15 is 0 Å². The number of rotatable bonds is 5. The molecule has 0 aliphatic carbocycles. The maximum Gasteiger partial charge on any atom is 0.257 e. The van der Waals surface area contributed by atoms with Crippen molar-refractivity contribution < 1.29 is 14.3 Å². The third-order valence-corrected chi connectivity index (χ3v) is 3.69. The molecule has 9 heteroatoms. The van der Waals surface area contributed by atoms with Crippen LogP contribution in [0.1, 0.15) is 10.4 Å². The Morgan fingerprint density at radius 3 is 2.68 bits per heavy atom. The molecule has 0 bridgehead atoms. The van der Waals surface area contributed by atoms with Crippen LogP contribution >= 0.6 is 11.6 Å². The van der Waals surface area contributed by atoms with Gasteiger partial charge >= 0.3 is 0 Å². The van der Waals surface area contributed by atoms with E-state index in [-0.39, 0.29) is 5.91 Å². The fourth-order valence-electron chi connectivity index (χ4n) is 2.26. The zero-order valence-electron chi connectivity index (χ0n) is 13.4. The van der Waals surface area contributed by atoms with Gasteiger partial charge in [0.25, 0.3) is 5.91 Å². The van der Waals surface area contributed by atoms with Crippen LogP contribution in [0, 0.1) is 0 Å². The number of halogens is 1. The van der Waals surface area contributed by atoms with Crippen molar-refractivity contribution >= 4 is 23.2 Å². The van der Waals surface area contributed by atoms with Crippen LogP contribution < -0.4 is 14.8 Å². The van der Waals surface area contributed by atoms with Crippen molar-refractivity contribution in [3.05, 3.63) is 53.3 Å². The van der Waals surface area contributed by atoms with E-state index in [0.717, 1.165) is 0 Å². The lowest BCUT2D eigenvalue weighted by Gasteiger charge is -2.13. The molecule has 2 aromatic carbocycles. The number of carbonyl (C=O) groups is 1. The van der Waals surface area contributed by atoms with E-state index in [9.17, 15) is 4.79 Å². The van der Waals surface area contributed by atoms with Gasteiger partial charge in [-0.25, -0.2) is 0 Å². The highest BCUT2D eigenvalue weighted by atomic mass is 35.5. The monoisotopic (exact) mass is 359 g/mol. The third kappa shape index (κ3) is 3.53. The molecule has 0 saturated carbocycles. The van der Waals surface area contributed by atoms with Gasteiger partial charge in [0, 0.05) is 11.1 Å². The smallest absolute Gasteiger partial charge is 0.257 e. The zero-order valence-corrected chi connectivity index (χ0v) is 14.2. The Morgan fingerprint density at radius 2 is 2.00 bits per heavy atom. The van der Waals surface area contributed by atoms with Crippen LogP contribution in [-0.4, -0.2) is 40.3 Å². The lowest BCUT2D eigenvalue weighted by molar-refractivity contribution is 0.102. The Bertz CT molecular complexity index is 899. The minimum atomic E-state index is -0.367. The maximum absolute atomic E-state index is 12.8. The van der Waals surface area contributed by atoms with Gasteiger partial charge in [-0.3, -0.25) is 4.79 Å². The van der Waals surface area contributed by atoms with E-state index in [2.05, 4.69) is 20.8 Å². The highest BCUT2D eigenvalue weighted by molar-refractivity contribution is 6.31. The molecule has 128 valence electrons. The van der Waals surface area contributed by atoms with Gasteiger partial charge in [-0.1, -0.05) is 11.6 Å². The van der Waals surface area contributed by atoms with Gasteiger partial charge < -0.3 is 14.8 Å². The molecule has 3 rings (SSSR count). The standard InChI is InChI=1S/C16H14ClN5O3/c1-24-11-4-6-15(25-2)13(8-11)19-16(23)12-5-3-10(17)7-14(12)22-9-18-20-21-22/h3-9H,1-2H3,(H,19,23). The number of hydrogen-bond donors (Lipinski definition) is 1. The minimum Gasteiger partial charge on any atom is -0.497 e. The fraction of sp³-hybridized carbons (Fsp3) is 0.125. The molecule has 0 aliphatic rings. The zero-order chi connectivity index (χ0) is 17.8. The first-order valence-corrected chi connectivity index (χ1v) is 7.56. The lowest BCUT2D eigenvalue weighted by Crippen LogP contribution is -2.16. The molecule has 0 aliphatic heterocycles. The van der Waals surface area contributed by atoms with E-state index in [1.54, 1.807) is 43.5 Å². The van der Waals surface area contributed by atoms with E-state index in [1.807, 2.05) is 0 Å². The summed E-state index contributed by atoms with van der Waals surface area (Å²) in [5.41, 5.74) is 1.28. The lowest BCUT2D eigenvalue weighted by atomic mass is 10.1. The molecule has 1 heterocycles. The summed E-state index contributed by atoms with van der Waals surface area (Å²) in [5, 5.41) is 14.2. The van der Waals surface area contributed by atoms with E-state index in [0.29, 0.717) is 33.5 Å². The number of anilines is 1. The number of ether oxygens (including phenoxy) is 2. The SMILES string of the molecule is COc1ccc(OC)c(NC(=O)c2ccc(Cl)cc2-n2cnnn2)c1. The summed E-state index contributed by atoms with van der Waals surface area (Å²) in [6, 6.07) is 9.94. The van der Waals surface area contributed by atoms with Crippen molar-refractivity contribution in [3.8, 4) is 17.2 Å². The van der Waals surface area contributed by atoms with Crippen LogP contribution in [0.25, 0.3) is 5.69 Å². The quantitative estimate of drug-likeness (QED) is 0.752. The predicted octanol–water partition coefficient (Wildman–Crippen LogP) is 2.59. The molecule has 25 heavy (non-hydrogen) atoms. The fourth-order valence-corrected chi connectivity index (χ4v) is 2.43. The number of benzene rings is 2. The van der Waals surface area contributed by atoms with Crippen LogP contribution in [0.4, 0.5) is 5.69 Å². The van der Waals surface area contributed by atoms with Gasteiger partial charge in [-0.05, 0) is 40.8 Å². The van der Waals surface area contributed by atoms with Crippen LogP contribution in [0.15, 0.2) is 42.7 Å². The first-order chi connectivity index (χ1) is 12.1. The third-order valence-electron chi connectivity index (χ3n) is 3.46. The number of nitrogens with zero attached hydrogens (tertiary/aromatic N) is 4. The first kappa shape index (κ1) is 16.7.